The number of thiophene rings is 1. The van der Waals surface area contributed by atoms with Crippen LogP contribution in [0.15, 0.2) is 54.6 Å². The summed E-state index contributed by atoms with van der Waals surface area (Å²) in [4.78, 5) is 10.4. The molecule has 0 aliphatic carbocycles. The molecule has 0 radical (unpaired) electrons. The molecule has 0 saturated heterocycles. The van der Waals surface area contributed by atoms with Gasteiger partial charge in [-0.3, -0.25) is 10.1 Å². The summed E-state index contributed by atoms with van der Waals surface area (Å²) in [6, 6.07) is 17.0. The zero-order valence-corrected chi connectivity index (χ0v) is 11.4. The highest BCUT2D eigenvalue weighted by Gasteiger charge is 2.08. The number of benzene rings is 2. The topological polar surface area (TPSA) is 55.2 Å². The number of anilines is 1. The highest BCUT2D eigenvalue weighted by molar-refractivity contribution is 7.22. The van der Waals surface area contributed by atoms with Crippen molar-refractivity contribution in [2.45, 2.75) is 6.54 Å². The minimum atomic E-state index is -0.367. The van der Waals surface area contributed by atoms with Crippen molar-refractivity contribution in [2.75, 3.05) is 5.32 Å². The van der Waals surface area contributed by atoms with E-state index in [1.165, 1.54) is 5.56 Å². The van der Waals surface area contributed by atoms with Crippen molar-refractivity contribution in [1.29, 1.82) is 0 Å². The Labute approximate surface area is 119 Å². The van der Waals surface area contributed by atoms with Gasteiger partial charge in [0.2, 0.25) is 0 Å². The molecular formula is C15H12N2O2S. The summed E-state index contributed by atoms with van der Waals surface area (Å²) >= 11 is 1.60. The molecule has 0 spiro atoms. The van der Waals surface area contributed by atoms with Gasteiger partial charge in [0.15, 0.2) is 0 Å². The first kappa shape index (κ1) is 12.6. The van der Waals surface area contributed by atoms with E-state index in [-0.39, 0.29) is 10.6 Å². The van der Waals surface area contributed by atoms with Crippen LogP contribution in [0.3, 0.4) is 0 Å². The molecule has 0 bridgehead atoms. The minimum absolute atomic E-state index is 0.130. The van der Waals surface area contributed by atoms with Gasteiger partial charge in [0, 0.05) is 28.8 Å². The summed E-state index contributed by atoms with van der Waals surface area (Å²) in [5.74, 6) is 0. The average Bonchev–Trinajstić information content (AvgIpc) is 2.88. The van der Waals surface area contributed by atoms with Crippen LogP contribution in [0.25, 0.3) is 10.1 Å². The van der Waals surface area contributed by atoms with Gasteiger partial charge in [-0.05, 0) is 17.7 Å². The highest BCUT2D eigenvalue weighted by atomic mass is 32.1. The Morgan fingerprint density at radius 1 is 1.10 bits per heavy atom. The van der Waals surface area contributed by atoms with Crippen molar-refractivity contribution in [3.63, 3.8) is 0 Å². The van der Waals surface area contributed by atoms with Crippen molar-refractivity contribution >= 4 is 32.1 Å². The largest absolute Gasteiger partial charge is 0.373 e. The molecule has 0 fully saturated rings. The van der Waals surface area contributed by atoms with Gasteiger partial charge in [-0.1, -0.05) is 30.3 Å². The van der Waals surface area contributed by atoms with Gasteiger partial charge in [0.25, 0.3) is 5.69 Å². The van der Waals surface area contributed by atoms with Crippen molar-refractivity contribution < 1.29 is 4.92 Å². The fourth-order valence-corrected chi connectivity index (χ4v) is 2.96. The SMILES string of the molecule is O=[N+]([O-])c1ccc2sc(NCc3ccccc3)cc2c1. The molecule has 3 rings (SSSR count). The van der Waals surface area contributed by atoms with E-state index >= 15 is 0 Å². The average molecular weight is 284 g/mol. The first-order valence-corrected chi connectivity index (χ1v) is 7.00. The summed E-state index contributed by atoms with van der Waals surface area (Å²) in [6.07, 6.45) is 0. The van der Waals surface area contributed by atoms with Gasteiger partial charge in [-0.2, -0.15) is 0 Å². The maximum atomic E-state index is 10.8. The van der Waals surface area contributed by atoms with E-state index in [2.05, 4.69) is 17.4 Å². The molecule has 100 valence electrons. The van der Waals surface area contributed by atoms with Gasteiger partial charge >= 0.3 is 0 Å². The second-order valence-corrected chi connectivity index (χ2v) is 5.51. The fraction of sp³-hybridized carbons (Fsp3) is 0.0667. The van der Waals surface area contributed by atoms with E-state index in [0.29, 0.717) is 0 Å². The number of rotatable bonds is 4. The van der Waals surface area contributed by atoms with Crippen LogP contribution in [0.4, 0.5) is 10.7 Å². The number of nitrogens with zero attached hydrogens (tertiary/aromatic N) is 1. The molecule has 20 heavy (non-hydrogen) atoms. The Hall–Kier alpha value is -2.40. The van der Waals surface area contributed by atoms with Gasteiger partial charge in [-0.15, -0.1) is 11.3 Å². The lowest BCUT2D eigenvalue weighted by Gasteiger charge is -2.02. The van der Waals surface area contributed by atoms with Crippen LogP contribution < -0.4 is 5.32 Å². The maximum Gasteiger partial charge on any atom is 0.270 e. The number of hydrogen-bond donors (Lipinski definition) is 1. The first-order chi connectivity index (χ1) is 9.72. The molecule has 4 nitrogen and oxygen atoms in total. The van der Waals surface area contributed by atoms with E-state index in [4.69, 9.17) is 0 Å². The number of nitro benzene ring substituents is 1. The summed E-state index contributed by atoms with van der Waals surface area (Å²) in [7, 11) is 0. The van der Waals surface area contributed by atoms with E-state index < -0.39 is 0 Å². The van der Waals surface area contributed by atoms with Crippen molar-refractivity contribution in [3.05, 3.63) is 70.3 Å². The van der Waals surface area contributed by atoms with Crippen LogP contribution >= 0.6 is 11.3 Å². The lowest BCUT2D eigenvalue weighted by atomic mass is 10.2. The zero-order chi connectivity index (χ0) is 13.9. The van der Waals surface area contributed by atoms with Crippen molar-refractivity contribution in [3.8, 4) is 0 Å². The van der Waals surface area contributed by atoms with Crippen LogP contribution in [0, 0.1) is 10.1 Å². The first-order valence-electron chi connectivity index (χ1n) is 6.18. The summed E-state index contributed by atoms with van der Waals surface area (Å²) in [5.41, 5.74) is 1.33. The van der Waals surface area contributed by atoms with Gasteiger partial charge in [-0.25, -0.2) is 0 Å². The molecular weight excluding hydrogens is 272 g/mol. The molecule has 0 saturated carbocycles. The molecule has 0 aliphatic rings. The number of nitro groups is 1. The molecule has 0 amide bonds. The van der Waals surface area contributed by atoms with E-state index in [0.717, 1.165) is 21.6 Å². The smallest absolute Gasteiger partial charge is 0.270 e. The second-order valence-electron chi connectivity index (χ2n) is 4.43. The molecule has 1 heterocycles. The van der Waals surface area contributed by atoms with Gasteiger partial charge in [0.05, 0.1) is 9.92 Å². The zero-order valence-electron chi connectivity index (χ0n) is 10.6. The summed E-state index contributed by atoms with van der Waals surface area (Å²) < 4.78 is 1.05. The predicted octanol–water partition coefficient (Wildman–Crippen LogP) is 4.42. The van der Waals surface area contributed by atoms with Crippen molar-refractivity contribution in [2.24, 2.45) is 0 Å². The third-order valence-corrected chi connectivity index (χ3v) is 4.09. The Balaban J connectivity index is 1.80. The van der Waals surface area contributed by atoms with Crippen LogP contribution in [0.1, 0.15) is 5.56 Å². The number of fused-ring (bicyclic) bond motifs is 1. The number of non-ortho nitro benzene ring substituents is 1. The monoisotopic (exact) mass is 284 g/mol. The third-order valence-electron chi connectivity index (χ3n) is 3.02. The fourth-order valence-electron chi connectivity index (χ4n) is 2.02. The molecule has 0 atom stereocenters. The predicted molar refractivity (Wildman–Crippen MR) is 82.2 cm³/mol. The van der Waals surface area contributed by atoms with Crippen LogP contribution in [0.5, 0.6) is 0 Å². The molecule has 2 aromatic carbocycles. The Morgan fingerprint density at radius 2 is 1.90 bits per heavy atom. The van der Waals surface area contributed by atoms with Crippen LogP contribution in [-0.4, -0.2) is 4.92 Å². The highest BCUT2D eigenvalue weighted by Crippen LogP contribution is 2.32. The van der Waals surface area contributed by atoms with E-state index in [1.54, 1.807) is 29.5 Å². The molecule has 0 unspecified atom stereocenters. The van der Waals surface area contributed by atoms with Gasteiger partial charge < -0.3 is 5.32 Å². The number of nitrogens with one attached hydrogen (secondary N) is 1. The second kappa shape index (κ2) is 5.30. The maximum absolute atomic E-state index is 10.8. The standard InChI is InChI=1S/C15H12N2O2S/c18-17(19)13-6-7-14-12(8-13)9-15(20-14)16-10-11-4-2-1-3-5-11/h1-9,16H,10H2. The summed E-state index contributed by atoms with van der Waals surface area (Å²) in [5, 5.41) is 16.0. The molecule has 1 aromatic heterocycles. The van der Waals surface area contributed by atoms with Gasteiger partial charge in [0.1, 0.15) is 0 Å². The molecule has 1 N–H and O–H groups in total. The van der Waals surface area contributed by atoms with E-state index in [1.807, 2.05) is 24.3 Å². The normalized spacial score (nSPS) is 10.6. The lowest BCUT2D eigenvalue weighted by molar-refractivity contribution is -0.384. The third kappa shape index (κ3) is 2.62. The van der Waals surface area contributed by atoms with E-state index in [9.17, 15) is 10.1 Å². The minimum Gasteiger partial charge on any atom is -0.373 e. The Kier molecular flexibility index (Phi) is 3.35. The van der Waals surface area contributed by atoms with Crippen LogP contribution in [-0.2, 0) is 6.54 Å². The number of hydrogen-bond acceptors (Lipinski definition) is 4. The lowest BCUT2D eigenvalue weighted by Crippen LogP contribution is -1.96. The molecule has 3 aromatic rings. The summed E-state index contributed by atoms with van der Waals surface area (Å²) in [6.45, 7) is 0.746. The Morgan fingerprint density at radius 3 is 2.65 bits per heavy atom. The quantitative estimate of drug-likeness (QED) is 0.570. The molecule has 0 aliphatic heterocycles. The molecule has 5 heteroatoms. The Bertz CT molecular complexity index is 753. The van der Waals surface area contributed by atoms with Crippen LogP contribution in [0.2, 0.25) is 0 Å². The van der Waals surface area contributed by atoms with Crippen molar-refractivity contribution in [1.82, 2.24) is 0 Å².